The zero-order valence-electron chi connectivity index (χ0n) is 32.1. The molecule has 0 radical (unpaired) electrons. The zero-order chi connectivity index (χ0) is 41.0. The Labute approximate surface area is 318 Å². The fourth-order valence-corrected chi connectivity index (χ4v) is 4.99. The molecule has 0 aliphatic rings. The van der Waals surface area contributed by atoms with E-state index in [-0.39, 0.29) is 39.0 Å². The third kappa shape index (κ3) is 16.2. The van der Waals surface area contributed by atoms with Gasteiger partial charge in [-0.2, -0.15) is 13.2 Å². The number of carbonyl (C=O) groups is 5. The Bertz CT molecular complexity index is 1760. The Morgan fingerprint density at radius 1 is 0.800 bits per heavy atom. The van der Waals surface area contributed by atoms with E-state index in [1.54, 1.807) is 53.7 Å². The molecule has 300 valence electrons. The molecule has 0 spiro atoms. The number of fused-ring (bicyclic) bond motifs is 1. The van der Waals surface area contributed by atoms with Crippen molar-refractivity contribution in [2.45, 2.75) is 84.7 Å². The summed E-state index contributed by atoms with van der Waals surface area (Å²) in [7, 11) is 0. The van der Waals surface area contributed by atoms with Gasteiger partial charge in [-0.05, 0) is 71.4 Å². The molecule has 0 aliphatic carbocycles. The van der Waals surface area contributed by atoms with E-state index < -0.39 is 64.8 Å². The van der Waals surface area contributed by atoms with Gasteiger partial charge in [0.25, 0.3) is 0 Å². The first-order valence-corrected chi connectivity index (χ1v) is 17.7. The summed E-state index contributed by atoms with van der Waals surface area (Å²) >= 11 is 0. The van der Waals surface area contributed by atoms with Crippen molar-refractivity contribution >= 4 is 46.5 Å². The van der Waals surface area contributed by atoms with E-state index in [1.165, 1.54) is 30.3 Å². The summed E-state index contributed by atoms with van der Waals surface area (Å²) in [6.07, 6.45) is -4.92. The minimum absolute atomic E-state index is 0.0607. The van der Waals surface area contributed by atoms with Crippen LogP contribution in [-0.2, 0) is 36.5 Å². The number of para-hydroxylation sites is 1. The Balaban J connectivity index is 1.69. The van der Waals surface area contributed by atoms with Crippen molar-refractivity contribution in [2.75, 3.05) is 31.5 Å². The molecule has 5 amide bonds. The van der Waals surface area contributed by atoms with Gasteiger partial charge in [-0.1, -0.05) is 37.3 Å². The molecule has 0 bridgehead atoms. The van der Waals surface area contributed by atoms with Crippen LogP contribution < -0.4 is 26.7 Å². The predicted octanol–water partition coefficient (Wildman–Crippen LogP) is 5.33. The Morgan fingerprint density at radius 3 is 1.91 bits per heavy atom. The van der Waals surface area contributed by atoms with Crippen molar-refractivity contribution in [1.29, 1.82) is 0 Å². The average Bonchev–Trinajstić information content (AvgIpc) is 3.06. The van der Waals surface area contributed by atoms with Gasteiger partial charge < -0.3 is 30.7 Å². The van der Waals surface area contributed by atoms with Crippen molar-refractivity contribution in [3.8, 4) is 0 Å². The summed E-state index contributed by atoms with van der Waals surface area (Å²) in [6.45, 7) is 12.1. The number of rotatable bonds is 15. The molecular formula is C38H50F3N7O7. The maximum atomic E-state index is 13.6. The fourth-order valence-electron chi connectivity index (χ4n) is 4.99. The predicted molar refractivity (Wildman–Crippen MR) is 199 cm³/mol. The number of aromatic nitrogens is 1. The normalized spacial score (nSPS) is 13.0. The van der Waals surface area contributed by atoms with E-state index in [0.29, 0.717) is 16.8 Å². The highest BCUT2D eigenvalue weighted by atomic mass is 19.4. The quantitative estimate of drug-likeness (QED) is 0.128. The van der Waals surface area contributed by atoms with Gasteiger partial charge in [-0.3, -0.25) is 24.8 Å². The number of hydrogen-bond acceptors (Lipinski definition) is 9. The minimum Gasteiger partial charge on any atom is -0.444 e. The lowest BCUT2D eigenvalue weighted by Crippen LogP contribution is -2.51. The Hall–Kier alpha value is -5.45. The minimum atomic E-state index is -4.55. The van der Waals surface area contributed by atoms with Crippen LogP contribution in [0.15, 0.2) is 60.8 Å². The fraction of sp³-hybridized carbons (Fsp3) is 0.474. The van der Waals surface area contributed by atoms with Crippen LogP contribution in [0.1, 0.15) is 66.0 Å². The summed E-state index contributed by atoms with van der Waals surface area (Å²) < 4.78 is 50.1. The van der Waals surface area contributed by atoms with Gasteiger partial charge in [0, 0.05) is 50.3 Å². The lowest BCUT2D eigenvalue weighted by atomic mass is 10.0. The third-order valence-corrected chi connectivity index (χ3v) is 7.53. The number of benzene rings is 2. The first-order chi connectivity index (χ1) is 25.6. The SMILES string of the molecule is CC(CC(=O)NN(CCNC(=O)OC(C)(C)C)CCNC(=O)OC(C)(C)C)C(=O)NC(Cc1ccc(C(F)(F)F)cc1)C(=O)Nc1cnc2ccccc2c1. The van der Waals surface area contributed by atoms with Crippen molar-refractivity contribution in [3.05, 3.63) is 71.9 Å². The first-order valence-electron chi connectivity index (χ1n) is 17.7. The van der Waals surface area contributed by atoms with Crippen LogP contribution in [-0.4, -0.2) is 83.3 Å². The lowest BCUT2D eigenvalue weighted by molar-refractivity contribution is -0.137. The van der Waals surface area contributed by atoms with Crippen molar-refractivity contribution < 1.29 is 46.6 Å². The summed E-state index contributed by atoms with van der Waals surface area (Å²) in [6, 6.07) is 11.9. The number of nitrogens with one attached hydrogen (secondary N) is 5. The molecule has 1 heterocycles. The molecule has 3 rings (SSSR count). The van der Waals surface area contributed by atoms with E-state index in [1.807, 2.05) is 18.2 Å². The molecule has 3 aromatic rings. The number of alkyl carbamates (subject to hydrolysis) is 2. The van der Waals surface area contributed by atoms with E-state index in [4.69, 9.17) is 9.47 Å². The van der Waals surface area contributed by atoms with Gasteiger partial charge in [0.2, 0.25) is 17.7 Å². The number of anilines is 1. The van der Waals surface area contributed by atoms with Gasteiger partial charge in [0.05, 0.1) is 23.0 Å². The maximum absolute atomic E-state index is 13.6. The van der Waals surface area contributed by atoms with Crippen molar-refractivity contribution in [1.82, 2.24) is 31.4 Å². The van der Waals surface area contributed by atoms with Gasteiger partial charge in [-0.25, -0.2) is 14.6 Å². The molecule has 2 unspecified atom stereocenters. The number of hydrogen-bond donors (Lipinski definition) is 5. The number of carbonyl (C=O) groups excluding carboxylic acids is 5. The highest BCUT2D eigenvalue weighted by molar-refractivity contribution is 5.99. The van der Waals surface area contributed by atoms with Crippen LogP contribution in [0.25, 0.3) is 10.9 Å². The van der Waals surface area contributed by atoms with E-state index >= 15 is 0 Å². The number of pyridine rings is 1. The Morgan fingerprint density at radius 2 is 1.36 bits per heavy atom. The topological polar surface area (TPSA) is 180 Å². The Kier molecular flexibility index (Phi) is 15.4. The number of ether oxygens (including phenoxy) is 2. The lowest BCUT2D eigenvalue weighted by Gasteiger charge is -2.26. The monoisotopic (exact) mass is 773 g/mol. The summed E-state index contributed by atoms with van der Waals surface area (Å²) in [5, 5.41) is 12.7. The molecule has 17 heteroatoms. The van der Waals surface area contributed by atoms with Gasteiger partial charge in [0.15, 0.2) is 0 Å². The number of nitrogens with zero attached hydrogens (tertiary/aromatic N) is 2. The standard InChI is InChI=1S/C38H50F3N7O7/c1-24(20-31(49)47-48(18-16-42-34(52)54-36(2,3)4)19-17-43-35(53)55-37(5,6)7)32(50)46-30(21-25-12-14-27(15-13-25)38(39,40)41)33(51)45-28-22-26-10-8-9-11-29(26)44-23-28/h8-15,22-24,30H,16-21H2,1-7H3,(H,42,52)(H,43,53)(H,45,51)(H,46,50)(H,47,49). The summed E-state index contributed by atoms with van der Waals surface area (Å²) in [5.74, 6) is -2.86. The van der Waals surface area contributed by atoms with E-state index in [2.05, 4.69) is 31.7 Å². The summed E-state index contributed by atoms with van der Waals surface area (Å²) in [5.41, 5.74) is 1.75. The van der Waals surface area contributed by atoms with Crippen LogP contribution in [0.3, 0.4) is 0 Å². The van der Waals surface area contributed by atoms with Crippen LogP contribution in [0, 0.1) is 5.92 Å². The second-order valence-corrected chi connectivity index (χ2v) is 14.9. The van der Waals surface area contributed by atoms with Crippen LogP contribution >= 0.6 is 0 Å². The second kappa shape index (κ2) is 19.2. The average molecular weight is 774 g/mol. The van der Waals surface area contributed by atoms with Crippen molar-refractivity contribution in [2.24, 2.45) is 5.92 Å². The van der Waals surface area contributed by atoms with Crippen LogP contribution in [0.4, 0.5) is 28.4 Å². The molecule has 2 aromatic carbocycles. The van der Waals surface area contributed by atoms with Gasteiger partial charge >= 0.3 is 18.4 Å². The molecule has 0 saturated carbocycles. The second-order valence-electron chi connectivity index (χ2n) is 14.9. The molecule has 0 saturated heterocycles. The molecule has 5 N–H and O–H groups in total. The number of halogens is 3. The summed E-state index contributed by atoms with van der Waals surface area (Å²) in [4.78, 5) is 68.8. The van der Waals surface area contributed by atoms with E-state index in [0.717, 1.165) is 17.5 Å². The van der Waals surface area contributed by atoms with E-state index in [9.17, 15) is 37.1 Å². The highest BCUT2D eigenvalue weighted by Crippen LogP contribution is 2.29. The van der Waals surface area contributed by atoms with Gasteiger partial charge in [0.1, 0.15) is 17.2 Å². The smallest absolute Gasteiger partial charge is 0.416 e. The maximum Gasteiger partial charge on any atom is 0.416 e. The van der Waals surface area contributed by atoms with Crippen molar-refractivity contribution in [3.63, 3.8) is 0 Å². The molecule has 55 heavy (non-hydrogen) atoms. The number of amides is 5. The molecular weight excluding hydrogens is 723 g/mol. The highest BCUT2D eigenvalue weighted by Gasteiger charge is 2.31. The van der Waals surface area contributed by atoms with Crippen LogP contribution in [0.5, 0.6) is 0 Å². The largest absolute Gasteiger partial charge is 0.444 e. The molecule has 14 nitrogen and oxygen atoms in total. The first kappa shape index (κ1) is 44.0. The number of hydrazine groups is 1. The zero-order valence-corrected chi connectivity index (χ0v) is 32.1. The molecule has 0 aliphatic heterocycles. The molecule has 2 atom stereocenters. The third-order valence-electron chi connectivity index (χ3n) is 7.53. The van der Waals surface area contributed by atoms with Crippen LogP contribution in [0.2, 0.25) is 0 Å². The molecule has 1 aromatic heterocycles. The van der Waals surface area contributed by atoms with Gasteiger partial charge in [-0.15, -0.1) is 0 Å². The number of alkyl halides is 3. The molecule has 0 fully saturated rings.